The van der Waals surface area contributed by atoms with E-state index >= 15 is 0 Å². The number of ether oxygens (including phenoxy) is 1. The molecule has 0 aliphatic carbocycles. The highest BCUT2D eigenvalue weighted by Gasteiger charge is 2.23. The maximum absolute atomic E-state index is 5.79. The Balaban J connectivity index is 1.72. The maximum Gasteiger partial charge on any atom is 0.130 e. The molecule has 0 radical (unpaired) electrons. The van der Waals surface area contributed by atoms with E-state index in [9.17, 15) is 0 Å². The summed E-state index contributed by atoms with van der Waals surface area (Å²) < 4.78 is 5.79. The van der Waals surface area contributed by atoms with Crippen molar-refractivity contribution < 1.29 is 4.74 Å². The average Bonchev–Trinajstić information content (AvgIpc) is 2.61. The van der Waals surface area contributed by atoms with Gasteiger partial charge in [-0.05, 0) is 68.7 Å². The van der Waals surface area contributed by atoms with Gasteiger partial charge in [-0.1, -0.05) is 36.4 Å². The lowest BCUT2D eigenvalue weighted by atomic mass is 9.87. The van der Waals surface area contributed by atoms with Crippen LogP contribution in [0.25, 0.3) is 10.8 Å². The number of piperidine rings is 1. The summed E-state index contributed by atoms with van der Waals surface area (Å²) in [6.07, 6.45) is 4.80. The first-order valence-electron chi connectivity index (χ1n) is 8.81. The summed E-state index contributed by atoms with van der Waals surface area (Å²) in [5.41, 5.74) is 6.97. The van der Waals surface area contributed by atoms with Crippen LogP contribution in [0.1, 0.15) is 37.2 Å². The van der Waals surface area contributed by atoms with Gasteiger partial charge in [-0.15, -0.1) is 0 Å². The zero-order valence-electron chi connectivity index (χ0n) is 14.1. The Kier molecular flexibility index (Phi) is 5.52. The minimum Gasteiger partial charge on any atom is -0.496 e. The third-order valence-electron chi connectivity index (χ3n) is 5.07. The smallest absolute Gasteiger partial charge is 0.130 e. The fourth-order valence-corrected chi connectivity index (χ4v) is 3.76. The summed E-state index contributed by atoms with van der Waals surface area (Å²) in [6.45, 7) is 4.37. The molecule has 1 aliphatic heterocycles. The molecule has 1 saturated heterocycles. The Morgan fingerprint density at radius 2 is 1.87 bits per heavy atom. The number of methoxy groups -OCH3 is 1. The van der Waals surface area contributed by atoms with Gasteiger partial charge in [0.1, 0.15) is 5.75 Å². The molecule has 0 saturated carbocycles. The Morgan fingerprint density at radius 1 is 1.09 bits per heavy atom. The molecular formula is C20H28N2O. The largest absolute Gasteiger partial charge is 0.496 e. The first-order valence-corrected chi connectivity index (χ1v) is 8.81. The van der Waals surface area contributed by atoms with Crippen LogP contribution in [0.5, 0.6) is 5.75 Å². The van der Waals surface area contributed by atoms with Crippen LogP contribution < -0.4 is 10.5 Å². The third kappa shape index (κ3) is 3.67. The molecule has 3 rings (SSSR count). The molecule has 1 heterocycles. The van der Waals surface area contributed by atoms with Gasteiger partial charge >= 0.3 is 0 Å². The summed E-state index contributed by atoms with van der Waals surface area (Å²) in [7, 11) is 1.80. The van der Waals surface area contributed by atoms with Crippen LogP contribution in [-0.4, -0.2) is 38.2 Å². The highest BCUT2D eigenvalue weighted by atomic mass is 16.5. The van der Waals surface area contributed by atoms with Crippen LogP contribution in [0, 0.1) is 0 Å². The average molecular weight is 312 g/mol. The summed E-state index contributed by atoms with van der Waals surface area (Å²) in [6, 6.07) is 13.0. The van der Waals surface area contributed by atoms with Gasteiger partial charge in [-0.25, -0.2) is 0 Å². The molecule has 23 heavy (non-hydrogen) atoms. The van der Waals surface area contributed by atoms with Crippen LogP contribution in [0.2, 0.25) is 0 Å². The van der Waals surface area contributed by atoms with E-state index in [1.165, 1.54) is 55.2 Å². The lowest BCUT2D eigenvalue weighted by molar-refractivity contribution is 0.208. The second kappa shape index (κ2) is 7.80. The van der Waals surface area contributed by atoms with Crippen molar-refractivity contribution in [3.05, 3.63) is 42.0 Å². The SMILES string of the molecule is COc1c(C2CCN(CCCCN)CC2)ccc2ccccc12. The van der Waals surface area contributed by atoms with Crippen molar-refractivity contribution >= 4 is 10.8 Å². The van der Waals surface area contributed by atoms with E-state index in [0.717, 1.165) is 18.7 Å². The van der Waals surface area contributed by atoms with Crippen molar-refractivity contribution in [1.29, 1.82) is 0 Å². The molecule has 0 atom stereocenters. The molecule has 2 aromatic carbocycles. The molecule has 0 amide bonds. The Labute approximate surface area is 139 Å². The second-order valence-electron chi connectivity index (χ2n) is 6.52. The number of rotatable bonds is 6. The maximum atomic E-state index is 5.79. The van der Waals surface area contributed by atoms with Gasteiger partial charge in [0.2, 0.25) is 0 Å². The van der Waals surface area contributed by atoms with E-state index in [2.05, 4.69) is 41.3 Å². The number of nitrogens with zero attached hydrogens (tertiary/aromatic N) is 1. The molecule has 3 heteroatoms. The van der Waals surface area contributed by atoms with Crippen molar-refractivity contribution in [2.45, 2.75) is 31.6 Å². The van der Waals surface area contributed by atoms with E-state index in [4.69, 9.17) is 10.5 Å². The van der Waals surface area contributed by atoms with E-state index in [1.54, 1.807) is 7.11 Å². The van der Waals surface area contributed by atoms with Crippen molar-refractivity contribution in [2.24, 2.45) is 5.73 Å². The molecule has 2 N–H and O–H groups in total. The van der Waals surface area contributed by atoms with Gasteiger partial charge < -0.3 is 15.4 Å². The second-order valence-corrected chi connectivity index (χ2v) is 6.52. The van der Waals surface area contributed by atoms with Crippen LogP contribution in [-0.2, 0) is 0 Å². The minimum absolute atomic E-state index is 0.611. The third-order valence-corrected chi connectivity index (χ3v) is 5.07. The lowest BCUT2D eigenvalue weighted by Crippen LogP contribution is -2.34. The number of hydrogen-bond acceptors (Lipinski definition) is 3. The Morgan fingerprint density at radius 3 is 2.61 bits per heavy atom. The van der Waals surface area contributed by atoms with Crippen LogP contribution in [0.3, 0.4) is 0 Å². The van der Waals surface area contributed by atoms with Gasteiger partial charge in [-0.2, -0.15) is 0 Å². The highest BCUT2D eigenvalue weighted by molar-refractivity contribution is 5.89. The number of likely N-dealkylation sites (tertiary alicyclic amines) is 1. The molecule has 3 nitrogen and oxygen atoms in total. The predicted molar refractivity (Wildman–Crippen MR) is 97.2 cm³/mol. The molecular weight excluding hydrogens is 284 g/mol. The molecule has 1 aliphatic rings. The van der Waals surface area contributed by atoms with Crippen LogP contribution in [0.4, 0.5) is 0 Å². The molecule has 0 aromatic heterocycles. The van der Waals surface area contributed by atoms with Crippen LogP contribution >= 0.6 is 0 Å². The standard InChI is InChI=1S/C20H28N2O/c1-23-20-18-7-3-2-6-16(18)8-9-19(20)17-10-14-22(15-11-17)13-5-4-12-21/h2-3,6-9,17H,4-5,10-15,21H2,1H3. The number of unbranched alkanes of at least 4 members (excludes halogenated alkanes) is 1. The minimum atomic E-state index is 0.611. The predicted octanol–water partition coefficient (Wildman–Crippen LogP) is 3.77. The summed E-state index contributed by atoms with van der Waals surface area (Å²) in [4.78, 5) is 2.58. The fraction of sp³-hybridized carbons (Fsp3) is 0.500. The monoisotopic (exact) mass is 312 g/mol. The van der Waals surface area contributed by atoms with E-state index in [-0.39, 0.29) is 0 Å². The summed E-state index contributed by atoms with van der Waals surface area (Å²) >= 11 is 0. The zero-order valence-corrected chi connectivity index (χ0v) is 14.1. The first kappa shape index (κ1) is 16.3. The van der Waals surface area contributed by atoms with Crippen molar-refractivity contribution in [2.75, 3.05) is 33.3 Å². The summed E-state index contributed by atoms with van der Waals surface area (Å²) in [5, 5.41) is 2.49. The topological polar surface area (TPSA) is 38.5 Å². The normalized spacial score (nSPS) is 16.8. The van der Waals surface area contributed by atoms with E-state index in [0.29, 0.717) is 5.92 Å². The fourth-order valence-electron chi connectivity index (χ4n) is 3.76. The highest BCUT2D eigenvalue weighted by Crippen LogP contribution is 2.38. The molecule has 0 bridgehead atoms. The van der Waals surface area contributed by atoms with Gasteiger partial charge in [0, 0.05) is 5.39 Å². The van der Waals surface area contributed by atoms with E-state index in [1.807, 2.05) is 0 Å². The van der Waals surface area contributed by atoms with Gasteiger partial charge in [0.25, 0.3) is 0 Å². The van der Waals surface area contributed by atoms with Crippen molar-refractivity contribution in [3.8, 4) is 5.75 Å². The van der Waals surface area contributed by atoms with E-state index < -0.39 is 0 Å². The Hall–Kier alpha value is -1.58. The van der Waals surface area contributed by atoms with Gasteiger partial charge in [0.15, 0.2) is 0 Å². The lowest BCUT2D eigenvalue weighted by Gasteiger charge is -2.33. The molecule has 124 valence electrons. The van der Waals surface area contributed by atoms with Crippen molar-refractivity contribution in [3.63, 3.8) is 0 Å². The Bertz CT molecular complexity index is 633. The van der Waals surface area contributed by atoms with Crippen molar-refractivity contribution in [1.82, 2.24) is 4.90 Å². The molecule has 0 unspecified atom stereocenters. The molecule has 2 aromatic rings. The molecule has 0 spiro atoms. The number of hydrogen-bond donors (Lipinski definition) is 1. The van der Waals surface area contributed by atoms with Gasteiger partial charge in [-0.3, -0.25) is 0 Å². The number of benzene rings is 2. The zero-order chi connectivity index (χ0) is 16.1. The number of fused-ring (bicyclic) bond motifs is 1. The van der Waals surface area contributed by atoms with Gasteiger partial charge in [0.05, 0.1) is 7.11 Å². The number of nitrogens with two attached hydrogens (primary N) is 1. The first-order chi connectivity index (χ1) is 11.3. The quantitative estimate of drug-likeness (QED) is 0.825. The molecule has 1 fully saturated rings. The van der Waals surface area contributed by atoms with Crippen LogP contribution in [0.15, 0.2) is 36.4 Å². The summed E-state index contributed by atoms with van der Waals surface area (Å²) in [5.74, 6) is 1.69.